The molecule has 110 valence electrons. The Labute approximate surface area is 134 Å². The first-order chi connectivity index (χ1) is 9.22. The lowest BCUT2D eigenvalue weighted by Crippen LogP contribution is -2.31. The van der Waals surface area contributed by atoms with Gasteiger partial charge in [0, 0.05) is 21.4 Å². The van der Waals surface area contributed by atoms with Crippen LogP contribution in [-0.2, 0) is 4.79 Å². The third-order valence-electron chi connectivity index (χ3n) is 2.83. The van der Waals surface area contributed by atoms with Gasteiger partial charge in [-0.3, -0.25) is 4.79 Å². The van der Waals surface area contributed by atoms with Crippen LogP contribution in [0.25, 0.3) is 0 Å². The minimum atomic E-state index is -1.12. The van der Waals surface area contributed by atoms with Crippen LogP contribution < -0.4 is 11.1 Å². The largest absolute Gasteiger partial charge is 0.478 e. The highest BCUT2D eigenvalue weighted by Gasteiger charge is 2.19. The zero-order valence-corrected chi connectivity index (χ0v) is 14.3. The molecule has 0 aromatic heterocycles. The van der Waals surface area contributed by atoms with E-state index >= 15 is 0 Å². The lowest BCUT2D eigenvalue weighted by molar-refractivity contribution is -0.116. The van der Waals surface area contributed by atoms with Gasteiger partial charge in [0.2, 0.25) is 5.91 Å². The molecule has 0 saturated carbocycles. The highest BCUT2D eigenvalue weighted by molar-refractivity contribution is 9.11. The van der Waals surface area contributed by atoms with E-state index in [2.05, 4.69) is 37.2 Å². The molecule has 7 heteroatoms. The maximum atomic E-state index is 11.9. The molecule has 0 aliphatic heterocycles. The number of anilines is 1. The Balaban J connectivity index is 2.97. The fourth-order valence-corrected chi connectivity index (χ4v) is 2.83. The number of carboxylic acids is 1. The van der Waals surface area contributed by atoms with Gasteiger partial charge in [-0.05, 0) is 34.0 Å². The second-order valence-electron chi connectivity index (χ2n) is 4.78. The summed E-state index contributed by atoms with van der Waals surface area (Å²) in [6.07, 6.45) is 0.138. The Bertz CT molecular complexity index is 533. The van der Waals surface area contributed by atoms with E-state index in [1.807, 2.05) is 13.8 Å². The van der Waals surface area contributed by atoms with E-state index in [-0.39, 0.29) is 35.5 Å². The molecule has 0 fully saturated rings. The minimum absolute atomic E-state index is 0.0118. The molecule has 0 radical (unpaired) electrons. The van der Waals surface area contributed by atoms with E-state index in [0.29, 0.717) is 8.95 Å². The van der Waals surface area contributed by atoms with Gasteiger partial charge in [-0.25, -0.2) is 4.79 Å². The molecule has 1 aromatic carbocycles. The standard InChI is InChI=1S/C13H16Br2N2O3/c1-6(2)10(16)5-11(18)17-12-8(13(19)20)3-7(14)4-9(12)15/h3-4,6,10H,5,16H2,1-2H3,(H,17,18)(H,19,20). The zero-order chi connectivity index (χ0) is 15.4. The normalized spacial score (nSPS) is 12.3. The molecule has 1 atom stereocenters. The Morgan fingerprint density at radius 2 is 1.95 bits per heavy atom. The second-order valence-corrected chi connectivity index (χ2v) is 6.55. The highest BCUT2D eigenvalue weighted by atomic mass is 79.9. The summed E-state index contributed by atoms with van der Waals surface area (Å²) in [6.45, 7) is 3.85. The molecule has 0 saturated heterocycles. The van der Waals surface area contributed by atoms with Crippen molar-refractivity contribution in [3.8, 4) is 0 Å². The number of carboxylic acid groups (broad SMARTS) is 1. The van der Waals surface area contributed by atoms with Crippen molar-refractivity contribution in [2.45, 2.75) is 26.3 Å². The smallest absolute Gasteiger partial charge is 0.337 e. The summed E-state index contributed by atoms with van der Waals surface area (Å²) in [5.41, 5.74) is 6.08. The summed E-state index contributed by atoms with van der Waals surface area (Å²) in [4.78, 5) is 23.1. The van der Waals surface area contributed by atoms with E-state index in [9.17, 15) is 14.7 Å². The quantitative estimate of drug-likeness (QED) is 0.698. The molecule has 4 N–H and O–H groups in total. The van der Waals surface area contributed by atoms with E-state index in [1.54, 1.807) is 6.07 Å². The average molecular weight is 408 g/mol. The van der Waals surface area contributed by atoms with Gasteiger partial charge in [0.25, 0.3) is 0 Å². The lowest BCUT2D eigenvalue weighted by Gasteiger charge is -2.16. The summed E-state index contributed by atoms with van der Waals surface area (Å²) in [5.74, 6) is -1.25. The van der Waals surface area contributed by atoms with Crippen LogP contribution in [0.15, 0.2) is 21.1 Å². The third kappa shape index (κ3) is 4.57. The Morgan fingerprint density at radius 3 is 2.45 bits per heavy atom. The van der Waals surface area contributed by atoms with Crippen molar-refractivity contribution in [3.63, 3.8) is 0 Å². The second kappa shape index (κ2) is 7.19. The Kier molecular flexibility index (Phi) is 6.16. The Morgan fingerprint density at radius 1 is 1.35 bits per heavy atom. The number of rotatable bonds is 5. The number of carbonyl (C=O) groups excluding carboxylic acids is 1. The van der Waals surface area contributed by atoms with Gasteiger partial charge < -0.3 is 16.2 Å². The first-order valence-electron chi connectivity index (χ1n) is 6.00. The molecule has 0 bridgehead atoms. The van der Waals surface area contributed by atoms with Crippen LogP contribution in [0.5, 0.6) is 0 Å². The predicted octanol–water partition coefficient (Wildman–Crippen LogP) is 3.22. The van der Waals surface area contributed by atoms with Crippen LogP contribution in [0.1, 0.15) is 30.6 Å². The van der Waals surface area contributed by atoms with Crippen molar-refractivity contribution < 1.29 is 14.7 Å². The highest BCUT2D eigenvalue weighted by Crippen LogP contribution is 2.31. The lowest BCUT2D eigenvalue weighted by atomic mass is 10.0. The fraction of sp³-hybridized carbons (Fsp3) is 0.385. The van der Waals surface area contributed by atoms with Gasteiger partial charge in [0.05, 0.1) is 11.3 Å². The van der Waals surface area contributed by atoms with Gasteiger partial charge >= 0.3 is 5.97 Å². The summed E-state index contributed by atoms with van der Waals surface area (Å²) in [6, 6.07) is 2.84. The number of nitrogens with two attached hydrogens (primary N) is 1. The molecule has 1 unspecified atom stereocenters. The topological polar surface area (TPSA) is 92.4 Å². The third-order valence-corrected chi connectivity index (χ3v) is 3.91. The fourth-order valence-electron chi connectivity index (χ4n) is 1.51. The monoisotopic (exact) mass is 406 g/mol. The van der Waals surface area contributed by atoms with Crippen molar-refractivity contribution in [2.24, 2.45) is 11.7 Å². The van der Waals surface area contributed by atoms with Gasteiger partial charge in [0.15, 0.2) is 0 Å². The summed E-state index contributed by atoms with van der Waals surface area (Å²) < 4.78 is 1.11. The minimum Gasteiger partial charge on any atom is -0.478 e. The number of nitrogens with one attached hydrogen (secondary N) is 1. The van der Waals surface area contributed by atoms with Gasteiger partial charge in [-0.15, -0.1) is 0 Å². The molecule has 20 heavy (non-hydrogen) atoms. The molecule has 0 spiro atoms. The number of carbonyl (C=O) groups is 2. The maximum Gasteiger partial charge on any atom is 0.337 e. The summed E-state index contributed by atoms with van der Waals surface area (Å²) >= 11 is 6.47. The maximum absolute atomic E-state index is 11.9. The number of amides is 1. The van der Waals surface area contributed by atoms with Crippen molar-refractivity contribution >= 4 is 49.4 Å². The van der Waals surface area contributed by atoms with Crippen molar-refractivity contribution in [3.05, 3.63) is 26.6 Å². The number of benzene rings is 1. The van der Waals surface area contributed by atoms with Crippen molar-refractivity contribution in [2.75, 3.05) is 5.32 Å². The zero-order valence-electron chi connectivity index (χ0n) is 11.1. The van der Waals surface area contributed by atoms with Crippen molar-refractivity contribution in [1.29, 1.82) is 0 Å². The molecular weight excluding hydrogens is 392 g/mol. The van der Waals surface area contributed by atoms with Crippen LogP contribution in [0.2, 0.25) is 0 Å². The molecule has 1 rings (SSSR count). The molecular formula is C13H16Br2N2O3. The number of aromatic carboxylic acids is 1. The average Bonchev–Trinajstić information content (AvgIpc) is 2.31. The van der Waals surface area contributed by atoms with E-state index in [4.69, 9.17) is 5.73 Å². The summed E-state index contributed by atoms with van der Waals surface area (Å²) in [7, 11) is 0. The predicted molar refractivity (Wildman–Crippen MR) is 84.9 cm³/mol. The van der Waals surface area contributed by atoms with E-state index in [1.165, 1.54) is 6.07 Å². The van der Waals surface area contributed by atoms with Crippen LogP contribution in [0.4, 0.5) is 5.69 Å². The van der Waals surface area contributed by atoms with Crippen LogP contribution in [-0.4, -0.2) is 23.0 Å². The Hall–Kier alpha value is -0.920. The molecule has 1 aromatic rings. The van der Waals surface area contributed by atoms with Gasteiger partial charge in [-0.2, -0.15) is 0 Å². The molecule has 0 aliphatic rings. The van der Waals surface area contributed by atoms with Gasteiger partial charge in [-0.1, -0.05) is 29.8 Å². The molecule has 0 heterocycles. The van der Waals surface area contributed by atoms with Crippen LogP contribution >= 0.6 is 31.9 Å². The molecule has 0 aliphatic carbocycles. The molecule has 5 nitrogen and oxygen atoms in total. The first kappa shape index (κ1) is 17.1. The van der Waals surface area contributed by atoms with E-state index in [0.717, 1.165) is 0 Å². The van der Waals surface area contributed by atoms with E-state index < -0.39 is 5.97 Å². The molecule has 1 amide bonds. The summed E-state index contributed by atoms with van der Waals surface area (Å²) in [5, 5.41) is 11.8. The first-order valence-corrected chi connectivity index (χ1v) is 7.58. The number of hydrogen-bond acceptors (Lipinski definition) is 3. The number of halogens is 2. The number of hydrogen-bond donors (Lipinski definition) is 3. The SMILES string of the molecule is CC(C)C(N)CC(=O)Nc1c(Br)cc(Br)cc1C(=O)O. The van der Waals surface area contributed by atoms with Gasteiger partial charge in [0.1, 0.15) is 0 Å². The van der Waals surface area contributed by atoms with Crippen LogP contribution in [0.3, 0.4) is 0 Å². The van der Waals surface area contributed by atoms with Crippen molar-refractivity contribution in [1.82, 2.24) is 0 Å². The van der Waals surface area contributed by atoms with Crippen LogP contribution in [0, 0.1) is 5.92 Å².